The average Bonchev–Trinajstić information content (AvgIpc) is 3.13. The summed E-state index contributed by atoms with van der Waals surface area (Å²) in [6.45, 7) is 5.12. The maximum absolute atomic E-state index is 12.4. The van der Waals surface area contributed by atoms with Gasteiger partial charge >= 0.3 is 0 Å². The van der Waals surface area contributed by atoms with Gasteiger partial charge in [0.15, 0.2) is 4.96 Å². The second-order valence-electron chi connectivity index (χ2n) is 5.54. The van der Waals surface area contributed by atoms with Crippen LogP contribution >= 0.6 is 11.3 Å². The van der Waals surface area contributed by atoms with Gasteiger partial charge < -0.3 is 10.2 Å². The van der Waals surface area contributed by atoms with Crippen molar-refractivity contribution in [2.24, 2.45) is 0 Å². The first kappa shape index (κ1) is 17.8. The van der Waals surface area contributed by atoms with Gasteiger partial charge in [0.2, 0.25) is 0 Å². The standard InChI is InChI=1S/C18H18N4O3S/c1-3-21(4-2)16(24)12-5-7-13(8-6-12)20-15(23)14-11-19-18-22(17(14)25)9-10-26-18/h5-11H,3-4H2,1-2H3,(H,20,23). The topological polar surface area (TPSA) is 83.8 Å². The zero-order chi connectivity index (χ0) is 18.7. The second kappa shape index (κ2) is 7.49. The number of nitrogens with zero attached hydrogens (tertiary/aromatic N) is 3. The number of benzene rings is 1. The van der Waals surface area contributed by atoms with E-state index in [0.717, 1.165) is 0 Å². The Morgan fingerprint density at radius 1 is 1.19 bits per heavy atom. The van der Waals surface area contributed by atoms with E-state index in [1.807, 2.05) is 13.8 Å². The van der Waals surface area contributed by atoms with Crippen molar-refractivity contribution in [3.8, 4) is 0 Å². The summed E-state index contributed by atoms with van der Waals surface area (Å²) >= 11 is 1.32. The monoisotopic (exact) mass is 370 g/mol. The molecular weight excluding hydrogens is 352 g/mol. The third-order valence-electron chi connectivity index (χ3n) is 4.03. The number of carbonyl (C=O) groups excluding carboxylic acids is 2. The highest BCUT2D eigenvalue weighted by Gasteiger charge is 2.15. The van der Waals surface area contributed by atoms with E-state index in [9.17, 15) is 14.4 Å². The van der Waals surface area contributed by atoms with Crippen LogP contribution in [0.25, 0.3) is 4.96 Å². The van der Waals surface area contributed by atoms with Crippen LogP contribution in [-0.4, -0.2) is 39.2 Å². The molecular formula is C18H18N4O3S. The van der Waals surface area contributed by atoms with Crippen molar-refractivity contribution in [3.05, 3.63) is 63.5 Å². The summed E-state index contributed by atoms with van der Waals surface area (Å²) in [5.41, 5.74) is 0.598. The summed E-state index contributed by atoms with van der Waals surface area (Å²) < 4.78 is 1.34. The number of nitrogens with one attached hydrogen (secondary N) is 1. The summed E-state index contributed by atoms with van der Waals surface area (Å²) in [7, 11) is 0. The molecule has 134 valence electrons. The zero-order valence-electron chi connectivity index (χ0n) is 14.4. The predicted octanol–water partition coefficient (Wildman–Crippen LogP) is 2.49. The van der Waals surface area contributed by atoms with E-state index < -0.39 is 11.5 Å². The molecule has 3 aromatic rings. The lowest BCUT2D eigenvalue weighted by Gasteiger charge is -2.18. The number of amides is 2. The quantitative estimate of drug-likeness (QED) is 0.748. The molecule has 0 radical (unpaired) electrons. The predicted molar refractivity (Wildman–Crippen MR) is 101 cm³/mol. The van der Waals surface area contributed by atoms with Crippen LogP contribution < -0.4 is 10.9 Å². The molecule has 3 rings (SSSR count). The molecule has 0 unspecified atom stereocenters. The number of thiazole rings is 1. The zero-order valence-corrected chi connectivity index (χ0v) is 15.2. The number of hydrogen-bond donors (Lipinski definition) is 1. The lowest BCUT2D eigenvalue weighted by atomic mass is 10.1. The third kappa shape index (κ3) is 3.36. The van der Waals surface area contributed by atoms with Gasteiger partial charge in [-0.3, -0.25) is 18.8 Å². The molecule has 0 bridgehead atoms. The maximum Gasteiger partial charge on any atom is 0.271 e. The van der Waals surface area contributed by atoms with Crippen molar-refractivity contribution in [1.29, 1.82) is 0 Å². The lowest BCUT2D eigenvalue weighted by molar-refractivity contribution is 0.0773. The third-order valence-corrected chi connectivity index (χ3v) is 4.80. The van der Waals surface area contributed by atoms with Crippen molar-refractivity contribution in [2.45, 2.75) is 13.8 Å². The molecule has 0 saturated carbocycles. The highest BCUT2D eigenvalue weighted by Crippen LogP contribution is 2.13. The molecule has 7 nitrogen and oxygen atoms in total. The molecule has 8 heteroatoms. The number of rotatable bonds is 5. The first-order valence-electron chi connectivity index (χ1n) is 8.20. The minimum atomic E-state index is -0.536. The Kier molecular flexibility index (Phi) is 5.13. The number of carbonyl (C=O) groups is 2. The Morgan fingerprint density at radius 2 is 1.88 bits per heavy atom. The maximum atomic E-state index is 12.4. The van der Waals surface area contributed by atoms with E-state index in [-0.39, 0.29) is 11.5 Å². The lowest BCUT2D eigenvalue weighted by Crippen LogP contribution is -2.30. The summed E-state index contributed by atoms with van der Waals surface area (Å²) in [5.74, 6) is -0.593. The molecule has 1 aromatic carbocycles. The van der Waals surface area contributed by atoms with E-state index in [1.54, 1.807) is 40.7 Å². The molecule has 1 N–H and O–H groups in total. The summed E-state index contributed by atoms with van der Waals surface area (Å²) in [6, 6.07) is 6.60. The van der Waals surface area contributed by atoms with Crippen molar-refractivity contribution in [3.63, 3.8) is 0 Å². The van der Waals surface area contributed by atoms with Crippen LogP contribution in [-0.2, 0) is 0 Å². The van der Waals surface area contributed by atoms with Gasteiger partial charge in [-0.15, -0.1) is 11.3 Å². The molecule has 2 aromatic heterocycles. The van der Waals surface area contributed by atoms with Crippen molar-refractivity contribution in [1.82, 2.24) is 14.3 Å². The molecule has 0 atom stereocenters. The fraction of sp³-hybridized carbons (Fsp3) is 0.222. The van der Waals surface area contributed by atoms with E-state index in [0.29, 0.717) is 29.3 Å². The Balaban J connectivity index is 1.78. The van der Waals surface area contributed by atoms with Crippen LogP contribution in [0.5, 0.6) is 0 Å². The van der Waals surface area contributed by atoms with Crippen molar-refractivity contribution >= 4 is 33.8 Å². The van der Waals surface area contributed by atoms with Crippen molar-refractivity contribution < 1.29 is 9.59 Å². The van der Waals surface area contributed by atoms with Crippen LogP contribution in [0.15, 0.2) is 46.8 Å². The smallest absolute Gasteiger partial charge is 0.271 e. The number of fused-ring (bicyclic) bond motifs is 1. The van der Waals surface area contributed by atoms with Crippen LogP contribution in [0.1, 0.15) is 34.6 Å². The van der Waals surface area contributed by atoms with Gasteiger partial charge in [0.25, 0.3) is 17.4 Å². The molecule has 0 fully saturated rings. The molecule has 0 aliphatic carbocycles. The molecule has 26 heavy (non-hydrogen) atoms. The van der Waals surface area contributed by atoms with E-state index in [2.05, 4.69) is 10.3 Å². The molecule has 2 amide bonds. The number of aromatic nitrogens is 2. The van der Waals surface area contributed by atoms with Crippen LogP contribution in [0.4, 0.5) is 5.69 Å². The molecule has 0 saturated heterocycles. The highest BCUT2D eigenvalue weighted by atomic mass is 32.1. The van der Waals surface area contributed by atoms with Gasteiger partial charge in [-0.05, 0) is 38.1 Å². The number of hydrogen-bond acceptors (Lipinski definition) is 5. The Bertz CT molecular complexity index is 1000. The van der Waals surface area contributed by atoms with E-state index in [4.69, 9.17) is 0 Å². The van der Waals surface area contributed by atoms with Gasteiger partial charge in [0.1, 0.15) is 5.56 Å². The normalized spacial score (nSPS) is 10.7. The molecule has 0 aliphatic heterocycles. The van der Waals surface area contributed by atoms with E-state index in [1.165, 1.54) is 21.9 Å². The Labute approximate surface area is 153 Å². The van der Waals surface area contributed by atoms with Crippen molar-refractivity contribution in [2.75, 3.05) is 18.4 Å². The fourth-order valence-electron chi connectivity index (χ4n) is 2.57. The van der Waals surface area contributed by atoms with Crippen LogP contribution in [0, 0.1) is 0 Å². The number of anilines is 1. The molecule has 0 spiro atoms. The van der Waals surface area contributed by atoms with E-state index >= 15 is 0 Å². The molecule has 0 aliphatic rings. The first-order chi connectivity index (χ1) is 12.5. The largest absolute Gasteiger partial charge is 0.339 e. The summed E-state index contributed by atoms with van der Waals surface area (Å²) in [4.78, 5) is 43.4. The second-order valence-corrected chi connectivity index (χ2v) is 6.41. The minimum absolute atomic E-state index is 0.0378. The van der Waals surface area contributed by atoms with Gasteiger partial charge in [-0.2, -0.15) is 0 Å². The summed E-state index contributed by atoms with van der Waals surface area (Å²) in [5, 5.41) is 4.40. The minimum Gasteiger partial charge on any atom is -0.339 e. The van der Waals surface area contributed by atoms with Gasteiger partial charge in [0.05, 0.1) is 0 Å². The van der Waals surface area contributed by atoms with Gasteiger partial charge in [-0.1, -0.05) is 0 Å². The van der Waals surface area contributed by atoms with Crippen LogP contribution in [0.3, 0.4) is 0 Å². The Morgan fingerprint density at radius 3 is 2.54 bits per heavy atom. The van der Waals surface area contributed by atoms with Gasteiger partial charge in [0, 0.05) is 42.1 Å². The average molecular weight is 370 g/mol. The SMILES string of the molecule is CCN(CC)C(=O)c1ccc(NC(=O)c2cnc3sccn3c2=O)cc1. The van der Waals surface area contributed by atoms with Gasteiger partial charge in [-0.25, -0.2) is 4.98 Å². The fourth-order valence-corrected chi connectivity index (χ4v) is 3.24. The highest BCUT2D eigenvalue weighted by molar-refractivity contribution is 7.15. The Hall–Kier alpha value is -3.00. The summed E-state index contributed by atoms with van der Waals surface area (Å²) in [6.07, 6.45) is 2.86. The first-order valence-corrected chi connectivity index (χ1v) is 9.08. The van der Waals surface area contributed by atoms with Crippen LogP contribution in [0.2, 0.25) is 0 Å². The molecule has 2 heterocycles.